The highest BCUT2D eigenvalue weighted by atomic mass is 16.2. The van der Waals surface area contributed by atoms with Gasteiger partial charge in [0.05, 0.1) is 0 Å². The SMILES string of the molecule is O=C(Nc1ccc(C=Cc2ccc(NC(=O)[C@@H]3CCCN3C(=O)C3CC3)cc2)cc1)[C@@H]1CCCN1C(=O)C1CC1. The first-order valence-electron chi connectivity index (χ1n) is 14.6. The third kappa shape index (κ3) is 5.96. The number of carbonyl (C=O) groups is 4. The van der Waals surface area contributed by atoms with Crippen molar-refractivity contribution >= 4 is 47.2 Å². The fourth-order valence-electron chi connectivity index (χ4n) is 5.73. The van der Waals surface area contributed by atoms with E-state index in [0.717, 1.165) is 49.7 Å². The number of hydrogen-bond donors (Lipinski definition) is 2. The van der Waals surface area contributed by atoms with Gasteiger partial charge in [0.25, 0.3) is 0 Å². The second kappa shape index (κ2) is 11.3. The highest BCUT2D eigenvalue weighted by Gasteiger charge is 2.42. The summed E-state index contributed by atoms with van der Waals surface area (Å²) in [6.45, 7) is 1.34. The molecule has 4 aliphatic rings. The van der Waals surface area contributed by atoms with Gasteiger partial charge in [-0.15, -0.1) is 0 Å². The summed E-state index contributed by atoms with van der Waals surface area (Å²) in [7, 11) is 0. The molecule has 208 valence electrons. The smallest absolute Gasteiger partial charge is 0.247 e. The zero-order valence-electron chi connectivity index (χ0n) is 22.7. The molecule has 2 aliphatic carbocycles. The maximum absolute atomic E-state index is 12.8. The van der Waals surface area contributed by atoms with Crippen molar-refractivity contribution in [1.29, 1.82) is 0 Å². The van der Waals surface area contributed by atoms with E-state index in [1.165, 1.54) is 0 Å². The van der Waals surface area contributed by atoms with Crippen LogP contribution in [-0.4, -0.2) is 58.6 Å². The molecular formula is C32H36N4O4. The monoisotopic (exact) mass is 540 g/mol. The number of carbonyl (C=O) groups excluding carboxylic acids is 4. The number of rotatable bonds is 8. The van der Waals surface area contributed by atoms with Crippen molar-refractivity contribution in [3.63, 3.8) is 0 Å². The second-order valence-corrected chi connectivity index (χ2v) is 11.5. The molecule has 2 saturated heterocycles. The lowest BCUT2D eigenvalue weighted by Gasteiger charge is -2.24. The van der Waals surface area contributed by atoms with E-state index in [-0.39, 0.29) is 47.5 Å². The Morgan fingerprint density at radius 2 is 0.950 bits per heavy atom. The Balaban J connectivity index is 1.00. The van der Waals surface area contributed by atoms with E-state index in [4.69, 9.17) is 0 Å². The van der Waals surface area contributed by atoms with Gasteiger partial charge in [-0.1, -0.05) is 36.4 Å². The predicted molar refractivity (Wildman–Crippen MR) is 154 cm³/mol. The molecule has 2 N–H and O–H groups in total. The third-order valence-electron chi connectivity index (χ3n) is 8.35. The minimum absolute atomic E-state index is 0.114. The van der Waals surface area contributed by atoms with Gasteiger partial charge < -0.3 is 20.4 Å². The van der Waals surface area contributed by atoms with E-state index in [1.807, 2.05) is 60.7 Å². The highest BCUT2D eigenvalue weighted by Crippen LogP contribution is 2.35. The van der Waals surface area contributed by atoms with Gasteiger partial charge in [0.15, 0.2) is 0 Å². The van der Waals surface area contributed by atoms with Crippen molar-refractivity contribution in [1.82, 2.24) is 9.80 Å². The summed E-state index contributed by atoms with van der Waals surface area (Å²) in [5, 5.41) is 5.95. The lowest BCUT2D eigenvalue weighted by Crippen LogP contribution is -2.43. The molecule has 0 radical (unpaired) electrons. The molecule has 2 aromatic carbocycles. The molecule has 2 aliphatic heterocycles. The molecule has 0 unspecified atom stereocenters. The Bertz CT molecular complexity index is 1210. The summed E-state index contributed by atoms with van der Waals surface area (Å²) in [5.74, 6) is 0.291. The van der Waals surface area contributed by atoms with Crippen LogP contribution in [-0.2, 0) is 19.2 Å². The first-order valence-corrected chi connectivity index (χ1v) is 14.6. The number of amides is 4. The summed E-state index contributed by atoms with van der Waals surface area (Å²) in [5.41, 5.74) is 3.41. The quantitative estimate of drug-likeness (QED) is 0.481. The van der Waals surface area contributed by atoms with Gasteiger partial charge in [0.2, 0.25) is 23.6 Å². The molecule has 40 heavy (non-hydrogen) atoms. The fourth-order valence-corrected chi connectivity index (χ4v) is 5.73. The van der Waals surface area contributed by atoms with Crippen molar-refractivity contribution in [2.75, 3.05) is 23.7 Å². The maximum Gasteiger partial charge on any atom is 0.247 e. The van der Waals surface area contributed by atoms with Crippen molar-refractivity contribution in [2.45, 2.75) is 63.5 Å². The Morgan fingerprint density at radius 1 is 0.575 bits per heavy atom. The van der Waals surface area contributed by atoms with Gasteiger partial charge >= 0.3 is 0 Å². The topological polar surface area (TPSA) is 98.8 Å². The van der Waals surface area contributed by atoms with Crippen LogP contribution in [0.3, 0.4) is 0 Å². The summed E-state index contributed by atoms with van der Waals surface area (Å²) >= 11 is 0. The Labute approximate surface area is 234 Å². The molecule has 0 bridgehead atoms. The zero-order valence-corrected chi connectivity index (χ0v) is 22.7. The molecule has 4 fully saturated rings. The first-order chi connectivity index (χ1) is 19.5. The zero-order chi connectivity index (χ0) is 27.6. The molecule has 4 amide bonds. The van der Waals surface area contributed by atoms with E-state index in [2.05, 4.69) is 10.6 Å². The van der Waals surface area contributed by atoms with Crippen LogP contribution < -0.4 is 10.6 Å². The molecule has 2 aromatic rings. The molecule has 0 aromatic heterocycles. The molecule has 2 saturated carbocycles. The predicted octanol–water partition coefficient (Wildman–Crippen LogP) is 4.54. The number of nitrogens with one attached hydrogen (secondary N) is 2. The number of hydrogen-bond acceptors (Lipinski definition) is 4. The van der Waals surface area contributed by atoms with Gasteiger partial charge in [-0.2, -0.15) is 0 Å². The van der Waals surface area contributed by atoms with Crippen molar-refractivity contribution in [3.8, 4) is 0 Å². The lowest BCUT2D eigenvalue weighted by atomic mass is 10.1. The van der Waals surface area contributed by atoms with E-state index in [9.17, 15) is 19.2 Å². The van der Waals surface area contributed by atoms with Gasteiger partial charge in [-0.05, 0) is 86.8 Å². The summed E-state index contributed by atoms with van der Waals surface area (Å²) in [6.07, 6.45) is 10.9. The van der Waals surface area contributed by atoms with Crippen LogP contribution in [0.1, 0.15) is 62.5 Å². The largest absolute Gasteiger partial charge is 0.330 e. The van der Waals surface area contributed by atoms with Crippen LogP contribution in [0.25, 0.3) is 12.2 Å². The van der Waals surface area contributed by atoms with E-state index >= 15 is 0 Å². The molecule has 8 heteroatoms. The molecule has 2 heterocycles. The number of likely N-dealkylation sites (tertiary alicyclic amines) is 2. The van der Waals surface area contributed by atoms with Gasteiger partial charge in [0, 0.05) is 36.3 Å². The average molecular weight is 541 g/mol. The van der Waals surface area contributed by atoms with Crippen LogP contribution >= 0.6 is 0 Å². The average Bonchev–Trinajstić information content (AvgIpc) is 3.89. The number of benzene rings is 2. The molecule has 6 rings (SSSR count). The minimum atomic E-state index is -0.372. The minimum Gasteiger partial charge on any atom is -0.330 e. The Kier molecular flexibility index (Phi) is 7.41. The van der Waals surface area contributed by atoms with Crippen LogP contribution in [0.15, 0.2) is 48.5 Å². The molecule has 2 atom stereocenters. The fraction of sp³-hybridized carbons (Fsp3) is 0.438. The summed E-state index contributed by atoms with van der Waals surface area (Å²) in [4.78, 5) is 54.2. The highest BCUT2D eigenvalue weighted by molar-refractivity contribution is 5.99. The van der Waals surface area contributed by atoms with Crippen molar-refractivity contribution in [2.24, 2.45) is 11.8 Å². The number of anilines is 2. The standard InChI is InChI=1S/C32H36N4O4/c37-29(27-3-1-19-35(27)31(39)23-11-12-23)33-25-15-7-21(8-16-25)5-6-22-9-17-26(18-10-22)34-30(38)28-4-2-20-36(28)32(40)24-13-14-24/h5-10,15-18,23-24,27-28H,1-4,11-14,19-20H2,(H,33,37)(H,34,38)/t27-,28-/m0/s1. The molecule has 0 spiro atoms. The Hall–Kier alpha value is -3.94. The normalized spacial score (nSPS) is 22.5. The first kappa shape index (κ1) is 26.3. The number of nitrogens with zero attached hydrogens (tertiary/aromatic N) is 2. The Morgan fingerprint density at radius 3 is 1.30 bits per heavy atom. The molecular weight excluding hydrogens is 504 g/mol. The summed E-state index contributed by atoms with van der Waals surface area (Å²) < 4.78 is 0. The van der Waals surface area contributed by atoms with Crippen LogP contribution in [0.2, 0.25) is 0 Å². The van der Waals surface area contributed by atoms with Crippen molar-refractivity contribution < 1.29 is 19.2 Å². The van der Waals surface area contributed by atoms with Gasteiger partial charge in [-0.3, -0.25) is 19.2 Å². The summed E-state index contributed by atoms with van der Waals surface area (Å²) in [6, 6.07) is 14.5. The van der Waals surface area contributed by atoms with Gasteiger partial charge in [0.1, 0.15) is 12.1 Å². The second-order valence-electron chi connectivity index (χ2n) is 11.5. The van der Waals surface area contributed by atoms with Crippen LogP contribution in [0.5, 0.6) is 0 Å². The van der Waals surface area contributed by atoms with E-state index in [1.54, 1.807) is 9.80 Å². The third-order valence-corrected chi connectivity index (χ3v) is 8.35. The van der Waals surface area contributed by atoms with E-state index in [0.29, 0.717) is 37.3 Å². The van der Waals surface area contributed by atoms with Crippen LogP contribution in [0.4, 0.5) is 11.4 Å². The van der Waals surface area contributed by atoms with Crippen molar-refractivity contribution in [3.05, 3.63) is 59.7 Å². The van der Waals surface area contributed by atoms with Crippen LogP contribution in [0, 0.1) is 11.8 Å². The lowest BCUT2D eigenvalue weighted by molar-refractivity contribution is -0.137. The van der Waals surface area contributed by atoms with E-state index < -0.39 is 0 Å². The maximum atomic E-state index is 12.8. The molecule has 8 nitrogen and oxygen atoms in total. The van der Waals surface area contributed by atoms with Gasteiger partial charge in [-0.25, -0.2) is 0 Å².